The summed E-state index contributed by atoms with van der Waals surface area (Å²) >= 11 is 0. The highest BCUT2D eigenvalue weighted by molar-refractivity contribution is 5.81. The molecule has 0 bridgehead atoms. The number of likely N-dealkylation sites (N-methyl/N-ethyl adjacent to an activating group) is 1. The van der Waals surface area contributed by atoms with Crippen LogP contribution in [0.25, 0.3) is 5.69 Å². The lowest BCUT2D eigenvalue weighted by Gasteiger charge is -2.20. The van der Waals surface area contributed by atoms with Crippen LogP contribution in [0.3, 0.4) is 0 Å². The van der Waals surface area contributed by atoms with Crippen LogP contribution in [0.5, 0.6) is 5.75 Å². The van der Waals surface area contributed by atoms with Gasteiger partial charge in [0.2, 0.25) is 5.91 Å². The number of amides is 1. The molecule has 0 spiro atoms. The minimum absolute atomic E-state index is 0.119. The number of rotatable bonds is 18. The van der Waals surface area contributed by atoms with Crippen LogP contribution in [0.1, 0.15) is 61.0 Å². The van der Waals surface area contributed by atoms with E-state index in [-0.39, 0.29) is 12.0 Å². The second kappa shape index (κ2) is 16.9. The zero-order valence-electron chi connectivity index (χ0n) is 23.9. The summed E-state index contributed by atoms with van der Waals surface area (Å²) in [6.07, 6.45) is 10.2. The molecule has 1 aromatic carbocycles. The Morgan fingerprint density at radius 3 is 2.80 bits per heavy atom. The van der Waals surface area contributed by atoms with Crippen LogP contribution in [0.4, 0.5) is 0 Å². The molecule has 2 atom stereocenters. The van der Waals surface area contributed by atoms with E-state index in [0.29, 0.717) is 38.1 Å². The maximum absolute atomic E-state index is 12.2. The predicted molar refractivity (Wildman–Crippen MR) is 154 cm³/mol. The van der Waals surface area contributed by atoms with Crippen molar-refractivity contribution in [3.63, 3.8) is 0 Å². The maximum Gasteiger partial charge on any atom is 0.236 e. The van der Waals surface area contributed by atoms with Crippen molar-refractivity contribution in [2.75, 3.05) is 27.3 Å². The maximum atomic E-state index is 12.2. The first kappa shape index (κ1) is 31.4. The number of aromatic nitrogens is 3. The Bertz CT molecular complexity index is 1300. The molecular weight excluding hydrogens is 522 g/mol. The number of nitrogens with one attached hydrogen (secondary N) is 3. The summed E-state index contributed by atoms with van der Waals surface area (Å²) in [6, 6.07) is 9.29. The first-order valence-corrected chi connectivity index (χ1v) is 13.8. The van der Waals surface area contributed by atoms with Gasteiger partial charge in [-0.05, 0) is 62.1 Å². The predicted octanol–water partition coefficient (Wildman–Crippen LogP) is 2.98. The van der Waals surface area contributed by atoms with Gasteiger partial charge in [-0.2, -0.15) is 10.4 Å². The van der Waals surface area contributed by atoms with Crippen molar-refractivity contribution in [1.29, 1.82) is 5.26 Å². The molecule has 0 aliphatic heterocycles. The first-order chi connectivity index (χ1) is 20.0. The van der Waals surface area contributed by atoms with Crippen molar-refractivity contribution in [2.24, 2.45) is 0 Å². The summed E-state index contributed by atoms with van der Waals surface area (Å²) in [6.45, 7) is 4.52. The summed E-state index contributed by atoms with van der Waals surface area (Å²) in [5.74, 6) is 0.610. The van der Waals surface area contributed by atoms with Crippen LogP contribution in [0.2, 0.25) is 0 Å². The molecule has 2 unspecified atom stereocenters. The highest BCUT2D eigenvalue weighted by Gasteiger charge is 2.18. The van der Waals surface area contributed by atoms with Crippen LogP contribution in [-0.2, 0) is 27.4 Å². The quantitative estimate of drug-likeness (QED) is 0.158. The third-order valence-electron chi connectivity index (χ3n) is 6.68. The second-order valence-electron chi connectivity index (χ2n) is 9.60. The van der Waals surface area contributed by atoms with E-state index in [4.69, 9.17) is 14.7 Å². The lowest BCUT2D eigenvalue weighted by molar-refractivity contribution is -0.122. The molecule has 0 aliphatic carbocycles. The zero-order valence-corrected chi connectivity index (χ0v) is 23.9. The molecule has 3 aromatic rings. The lowest BCUT2D eigenvalue weighted by atomic mass is 10.0. The van der Waals surface area contributed by atoms with Gasteiger partial charge in [-0.25, -0.2) is 4.68 Å². The number of methoxy groups -OCH3 is 1. The fourth-order valence-corrected chi connectivity index (χ4v) is 4.30. The molecule has 0 saturated carbocycles. The fourth-order valence-electron chi connectivity index (χ4n) is 4.30. The highest BCUT2D eigenvalue weighted by atomic mass is 16.5. The molecule has 2 heterocycles. The topological polar surface area (TPSA) is 143 Å². The third kappa shape index (κ3) is 9.79. The monoisotopic (exact) mass is 561 g/mol. The number of aldehydes is 1. The number of benzene rings is 1. The Kier molecular flexibility index (Phi) is 12.9. The van der Waals surface area contributed by atoms with E-state index >= 15 is 0 Å². The number of hydrogen-bond donors (Lipinski definition) is 3. The molecule has 0 saturated heterocycles. The SMILES string of the molecule is CNC(=O)C(CCC=O)NCc1cc(OCCCCNCc2cnn(-c3cncc(C#N)c3)c2)ccc1C(C)OC. The number of carbonyl (C=O) groups excluding carboxylic acids is 2. The summed E-state index contributed by atoms with van der Waals surface area (Å²) in [7, 11) is 3.25. The molecule has 11 nitrogen and oxygen atoms in total. The molecule has 1 amide bonds. The van der Waals surface area contributed by atoms with Crippen LogP contribution in [0.15, 0.2) is 49.1 Å². The van der Waals surface area contributed by atoms with Crippen molar-refractivity contribution >= 4 is 12.2 Å². The number of pyridine rings is 1. The van der Waals surface area contributed by atoms with Gasteiger partial charge in [-0.3, -0.25) is 9.78 Å². The minimum Gasteiger partial charge on any atom is -0.494 e. The van der Waals surface area contributed by atoms with E-state index in [1.807, 2.05) is 31.3 Å². The van der Waals surface area contributed by atoms with E-state index < -0.39 is 6.04 Å². The van der Waals surface area contributed by atoms with Crippen LogP contribution in [0, 0.1) is 11.3 Å². The number of nitriles is 1. The summed E-state index contributed by atoms with van der Waals surface area (Å²) in [5, 5.41) is 22.8. The van der Waals surface area contributed by atoms with Crippen LogP contribution < -0.4 is 20.7 Å². The van der Waals surface area contributed by atoms with Gasteiger partial charge in [0.05, 0.1) is 42.4 Å². The second-order valence-corrected chi connectivity index (χ2v) is 9.60. The van der Waals surface area contributed by atoms with Crippen molar-refractivity contribution in [1.82, 2.24) is 30.7 Å². The van der Waals surface area contributed by atoms with E-state index in [1.165, 1.54) is 6.20 Å². The Balaban J connectivity index is 1.45. The highest BCUT2D eigenvalue weighted by Crippen LogP contribution is 2.25. The Hall–Kier alpha value is -4.11. The van der Waals surface area contributed by atoms with Crippen molar-refractivity contribution in [2.45, 2.75) is 57.8 Å². The molecular formula is C30H39N7O4. The Labute approximate surface area is 241 Å². The fraction of sp³-hybridized carbons (Fsp3) is 0.433. The van der Waals surface area contributed by atoms with Crippen LogP contribution in [-0.4, -0.2) is 60.3 Å². The van der Waals surface area contributed by atoms with Gasteiger partial charge in [-0.1, -0.05) is 6.07 Å². The molecule has 0 aliphatic rings. The van der Waals surface area contributed by atoms with Gasteiger partial charge in [-0.15, -0.1) is 0 Å². The average Bonchev–Trinajstić information content (AvgIpc) is 3.49. The minimum atomic E-state index is -0.464. The van der Waals surface area contributed by atoms with Crippen LogP contribution >= 0.6 is 0 Å². The molecule has 3 N–H and O–H groups in total. The van der Waals surface area contributed by atoms with Crippen molar-refractivity contribution in [3.05, 3.63) is 71.3 Å². The molecule has 0 radical (unpaired) electrons. The number of hydrogen-bond acceptors (Lipinski definition) is 9. The number of nitrogens with zero attached hydrogens (tertiary/aromatic N) is 4. The lowest BCUT2D eigenvalue weighted by Crippen LogP contribution is -2.42. The number of ether oxygens (including phenoxy) is 2. The Morgan fingerprint density at radius 2 is 2.05 bits per heavy atom. The zero-order chi connectivity index (χ0) is 29.5. The van der Waals surface area contributed by atoms with Crippen molar-refractivity contribution < 1.29 is 19.1 Å². The van der Waals surface area contributed by atoms with Gasteiger partial charge in [0, 0.05) is 51.6 Å². The van der Waals surface area contributed by atoms with Gasteiger partial charge in [0.15, 0.2) is 0 Å². The standard InChI is InChI=1S/C30H39N7O4/c1-22(40-3)28-9-8-27(14-25(28)19-35-29(7-6-11-38)30(39)32-2)41-12-5-4-10-33-17-24-18-36-37(21-24)26-13-23(15-31)16-34-20-26/h8-9,11,13-14,16,18,20-22,29,33,35H,4-7,10,12,17,19H2,1-3H3,(H,32,39). The summed E-state index contributed by atoms with van der Waals surface area (Å²) < 4.78 is 13.3. The van der Waals surface area contributed by atoms with E-state index in [0.717, 1.165) is 53.8 Å². The largest absolute Gasteiger partial charge is 0.494 e. The van der Waals surface area contributed by atoms with Gasteiger partial charge < -0.3 is 30.2 Å². The molecule has 2 aromatic heterocycles. The average molecular weight is 562 g/mol. The first-order valence-electron chi connectivity index (χ1n) is 13.8. The van der Waals surface area contributed by atoms with Crippen molar-refractivity contribution in [3.8, 4) is 17.5 Å². The van der Waals surface area contributed by atoms with Gasteiger partial charge in [0.1, 0.15) is 18.1 Å². The van der Waals surface area contributed by atoms with E-state index in [9.17, 15) is 9.59 Å². The summed E-state index contributed by atoms with van der Waals surface area (Å²) in [4.78, 5) is 27.1. The number of unbranched alkanes of at least 4 members (excludes halogenated alkanes) is 1. The molecule has 11 heteroatoms. The molecule has 41 heavy (non-hydrogen) atoms. The van der Waals surface area contributed by atoms with Gasteiger partial charge >= 0.3 is 0 Å². The Morgan fingerprint density at radius 1 is 1.20 bits per heavy atom. The van der Waals surface area contributed by atoms with Gasteiger partial charge in [0.25, 0.3) is 0 Å². The smallest absolute Gasteiger partial charge is 0.236 e. The summed E-state index contributed by atoms with van der Waals surface area (Å²) in [5.41, 5.74) is 4.28. The number of carbonyl (C=O) groups is 2. The normalized spacial score (nSPS) is 12.3. The third-order valence-corrected chi connectivity index (χ3v) is 6.68. The molecule has 218 valence electrons. The molecule has 0 fully saturated rings. The van der Waals surface area contributed by atoms with E-state index in [2.05, 4.69) is 32.1 Å². The van der Waals surface area contributed by atoms with E-state index in [1.54, 1.807) is 37.3 Å². The molecule has 3 rings (SSSR count).